The number of alkyl carbamates (subject to hydrolysis) is 1. The molecule has 0 aliphatic heterocycles. The second-order valence-electron chi connectivity index (χ2n) is 10.2. The van der Waals surface area contributed by atoms with Gasteiger partial charge in [0.15, 0.2) is 0 Å². The monoisotopic (exact) mass is 521 g/mol. The molecule has 0 unspecified atom stereocenters. The van der Waals surface area contributed by atoms with Gasteiger partial charge >= 0.3 is 6.09 Å². The molecule has 36 heavy (non-hydrogen) atoms. The lowest BCUT2D eigenvalue weighted by atomic mass is 9.78. The molecule has 0 radical (unpaired) electrons. The molecule has 10 heteroatoms. The first-order valence-electron chi connectivity index (χ1n) is 12.1. The highest BCUT2D eigenvalue weighted by Gasteiger charge is 2.44. The van der Waals surface area contributed by atoms with Gasteiger partial charge in [-0.3, -0.25) is 4.79 Å². The predicted molar refractivity (Wildman–Crippen MR) is 139 cm³/mol. The Kier molecular flexibility index (Phi) is 11.4. The van der Waals surface area contributed by atoms with Crippen LogP contribution in [0.25, 0.3) is 0 Å². The maximum Gasteiger partial charge on any atom is 0.408 e. The fraction of sp³-hybridized carbons (Fsp3) is 0.654. The molecule has 1 saturated carbocycles. The zero-order chi connectivity index (χ0) is 26.8. The van der Waals surface area contributed by atoms with Gasteiger partial charge in [-0.05, 0) is 71.0 Å². The van der Waals surface area contributed by atoms with Crippen LogP contribution in [0.15, 0.2) is 35.4 Å². The minimum absolute atomic E-state index is 0.264. The summed E-state index contributed by atoms with van der Waals surface area (Å²) in [4.78, 5) is 37.3. The lowest BCUT2D eigenvalue weighted by Gasteiger charge is -2.44. The van der Waals surface area contributed by atoms with E-state index in [-0.39, 0.29) is 6.61 Å². The van der Waals surface area contributed by atoms with Crippen molar-refractivity contribution in [3.05, 3.63) is 35.9 Å². The number of hydrogen-bond acceptors (Lipinski definition) is 8. The van der Waals surface area contributed by atoms with Gasteiger partial charge in [-0.2, -0.15) is 11.8 Å². The van der Waals surface area contributed by atoms with Gasteiger partial charge < -0.3 is 19.5 Å². The Morgan fingerprint density at radius 2 is 2.00 bits per heavy atom. The zero-order valence-corrected chi connectivity index (χ0v) is 22.9. The molecule has 2 rings (SSSR count). The number of nitrogens with zero attached hydrogens (tertiary/aromatic N) is 2. The van der Waals surface area contributed by atoms with Crippen LogP contribution < -0.4 is 5.32 Å². The number of ether oxygens (including phenoxy) is 3. The summed E-state index contributed by atoms with van der Waals surface area (Å²) in [6.45, 7) is 7.59. The van der Waals surface area contributed by atoms with E-state index in [1.165, 1.54) is 11.1 Å². The normalized spacial score (nSPS) is 22.7. The molecular formula is C26H39N3O6S. The fourth-order valence-electron chi connectivity index (χ4n) is 4.27. The van der Waals surface area contributed by atoms with Crippen molar-refractivity contribution >= 4 is 29.8 Å². The lowest BCUT2D eigenvalue weighted by Crippen LogP contribution is -2.59. The van der Waals surface area contributed by atoms with E-state index in [4.69, 9.17) is 14.2 Å². The van der Waals surface area contributed by atoms with E-state index in [1.54, 1.807) is 39.6 Å². The van der Waals surface area contributed by atoms with Gasteiger partial charge in [-0.25, -0.2) is 14.6 Å². The summed E-state index contributed by atoms with van der Waals surface area (Å²) in [7, 11) is 1.54. The molecule has 0 heterocycles. The van der Waals surface area contributed by atoms with Gasteiger partial charge in [0.25, 0.3) is 12.0 Å². The number of benzene rings is 1. The van der Waals surface area contributed by atoms with Crippen LogP contribution in [0.2, 0.25) is 0 Å². The highest BCUT2D eigenvalue weighted by molar-refractivity contribution is 7.98. The van der Waals surface area contributed by atoms with E-state index in [2.05, 4.69) is 10.4 Å². The Balaban J connectivity index is 2.17. The van der Waals surface area contributed by atoms with Crippen molar-refractivity contribution in [3.8, 4) is 0 Å². The first-order valence-corrected chi connectivity index (χ1v) is 13.5. The molecule has 9 nitrogen and oxygen atoms in total. The second kappa shape index (κ2) is 13.8. The number of isocyanates is 1. The largest absolute Gasteiger partial charge is 0.444 e. The first kappa shape index (κ1) is 29.8. The molecule has 200 valence electrons. The van der Waals surface area contributed by atoms with Crippen LogP contribution in [0.5, 0.6) is 0 Å². The van der Waals surface area contributed by atoms with E-state index < -0.39 is 41.4 Å². The number of methoxy groups -OCH3 is 1. The molecule has 0 saturated heterocycles. The standard InChI is InChI=1S/C26H39N3O6S/c1-25(2,3)35-24(32)28-26(4)14-12-20(22(16-26)33-5)29(27-18-30)23(31)21(13-15-36-6)34-17-19-10-8-7-9-11-19/h7-11,20-22H,12-17H2,1-6H3,(H,28,32)/t20-,21-,22+,26+/m0/s1. The van der Waals surface area contributed by atoms with Crippen molar-refractivity contribution in [1.29, 1.82) is 0 Å². The third-order valence-electron chi connectivity index (χ3n) is 6.02. The summed E-state index contributed by atoms with van der Waals surface area (Å²) in [5.41, 5.74) is -0.284. The summed E-state index contributed by atoms with van der Waals surface area (Å²) < 4.78 is 17.2. The van der Waals surface area contributed by atoms with E-state index >= 15 is 0 Å². The van der Waals surface area contributed by atoms with Crippen molar-refractivity contribution in [2.45, 2.75) is 89.4 Å². The van der Waals surface area contributed by atoms with Crippen LogP contribution >= 0.6 is 11.8 Å². The van der Waals surface area contributed by atoms with Crippen molar-refractivity contribution in [2.75, 3.05) is 19.1 Å². The molecule has 0 spiro atoms. The van der Waals surface area contributed by atoms with E-state index in [0.717, 1.165) is 5.56 Å². The van der Waals surface area contributed by atoms with Crippen LogP contribution in [-0.2, 0) is 30.4 Å². The molecule has 1 aromatic carbocycles. The maximum absolute atomic E-state index is 13.6. The average Bonchev–Trinajstić information content (AvgIpc) is 2.81. The van der Waals surface area contributed by atoms with Gasteiger partial charge in [0, 0.05) is 12.6 Å². The number of hydrazone groups is 1. The number of carbonyl (C=O) groups is 2. The second-order valence-corrected chi connectivity index (χ2v) is 11.2. The molecule has 0 aromatic heterocycles. The van der Waals surface area contributed by atoms with Gasteiger partial charge in [-0.1, -0.05) is 35.4 Å². The van der Waals surface area contributed by atoms with Crippen molar-refractivity contribution in [3.63, 3.8) is 0 Å². The van der Waals surface area contributed by atoms with Gasteiger partial charge in [0.05, 0.1) is 18.8 Å². The first-order chi connectivity index (χ1) is 17.0. The van der Waals surface area contributed by atoms with E-state index in [9.17, 15) is 14.4 Å². The Labute approximate surface area is 218 Å². The molecule has 4 atom stereocenters. The van der Waals surface area contributed by atoms with Gasteiger partial charge in [0.1, 0.15) is 11.7 Å². The number of hydrogen-bond donors (Lipinski definition) is 1. The van der Waals surface area contributed by atoms with Crippen molar-refractivity contribution < 1.29 is 28.6 Å². The van der Waals surface area contributed by atoms with Crippen LogP contribution in [0.3, 0.4) is 0 Å². The molecular weight excluding hydrogens is 482 g/mol. The summed E-state index contributed by atoms with van der Waals surface area (Å²) in [6, 6.07) is 9.09. The summed E-state index contributed by atoms with van der Waals surface area (Å²) >= 11 is 1.61. The van der Waals surface area contributed by atoms with Crippen LogP contribution in [0, 0.1) is 0 Å². The molecule has 1 N–H and O–H groups in total. The van der Waals surface area contributed by atoms with Crippen LogP contribution in [0.1, 0.15) is 58.9 Å². The third kappa shape index (κ3) is 9.24. The highest BCUT2D eigenvalue weighted by atomic mass is 32.2. The fourth-order valence-corrected chi connectivity index (χ4v) is 4.72. The van der Waals surface area contributed by atoms with Crippen LogP contribution in [0.4, 0.5) is 4.79 Å². The topological polar surface area (TPSA) is 107 Å². The number of carbonyl (C=O) groups excluding carboxylic acids is 3. The maximum atomic E-state index is 13.6. The van der Waals surface area contributed by atoms with Crippen molar-refractivity contribution in [1.82, 2.24) is 10.3 Å². The predicted octanol–water partition coefficient (Wildman–Crippen LogP) is 4.26. The number of rotatable bonds is 11. The highest BCUT2D eigenvalue weighted by Crippen LogP contribution is 2.34. The van der Waals surface area contributed by atoms with Gasteiger partial charge in [-0.15, -0.1) is 0 Å². The van der Waals surface area contributed by atoms with Gasteiger partial charge in [0.2, 0.25) is 0 Å². The Morgan fingerprint density at radius 3 is 2.58 bits per heavy atom. The molecule has 0 bridgehead atoms. The SMILES string of the molecule is CO[C@@H]1C[C@](C)(NC(=O)OC(C)(C)C)CC[C@@H]1N(N=C=O)C(=O)[C@H](CCSC)OCc1ccccc1. The average molecular weight is 522 g/mol. The Hall–Kier alpha value is -2.39. The van der Waals surface area contributed by atoms with E-state index in [1.807, 2.05) is 43.5 Å². The molecule has 1 aliphatic rings. The quantitative estimate of drug-likeness (QED) is 0.263. The lowest BCUT2D eigenvalue weighted by molar-refractivity contribution is -0.153. The summed E-state index contributed by atoms with van der Waals surface area (Å²) in [5, 5.41) is 7.90. The zero-order valence-electron chi connectivity index (χ0n) is 22.1. The smallest absolute Gasteiger partial charge is 0.408 e. The summed E-state index contributed by atoms with van der Waals surface area (Å²) in [5.74, 6) is 0.305. The van der Waals surface area contributed by atoms with Crippen LogP contribution in [-0.4, -0.2) is 71.6 Å². The Bertz CT molecular complexity index is 903. The third-order valence-corrected chi connectivity index (χ3v) is 6.66. The number of amides is 2. The molecule has 1 aliphatic carbocycles. The minimum atomic E-state index is -0.777. The Morgan fingerprint density at radius 1 is 1.31 bits per heavy atom. The number of nitrogens with one attached hydrogen (secondary N) is 1. The van der Waals surface area contributed by atoms with E-state index in [0.29, 0.717) is 31.4 Å². The minimum Gasteiger partial charge on any atom is -0.444 e. The molecule has 1 fully saturated rings. The molecule has 2 amide bonds. The van der Waals surface area contributed by atoms with Crippen molar-refractivity contribution in [2.24, 2.45) is 5.10 Å². The summed E-state index contributed by atoms with van der Waals surface area (Å²) in [6.07, 6.45) is 3.59. The molecule has 1 aromatic rings. The number of thioether (sulfide) groups is 1.